The molecule has 2 atom stereocenters. The molecule has 0 aliphatic rings. The first-order valence-electron chi connectivity index (χ1n) is 3.07. The van der Waals surface area contributed by atoms with Gasteiger partial charge in [-0.05, 0) is 18.6 Å². The Bertz CT molecular complexity index is 179. The van der Waals surface area contributed by atoms with Crippen molar-refractivity contribution in [1.82, 2.24) is 0 Å². The summed E-state index contributed by atoms with van der Waals surface area (Å²) in [6, 6.07) is 0. The van der Waals surface area contributed by atoms with E-state index in [4.69, 9.17) is 16.8 Å². The van der Waals surface area contributed by atoms with Gasteiger partial charge < -0.3 is 4.18 Å². The summed E-state index contributed by atoms with van der Waals surface area (Å²) < 4.78 is 22.8. The highest BCUT2D eigenvalue weighted by atomic mass is 32.2. The molecule has 0 aromatic rings. The van der Waals surface area contributed by atoms with Crippen molar-refractivity contribution in [2.24, 2.45) is 5.92 Å². The molecular weight excluding hydrogens is 184 g/mol. The molecule has 1 N–H and O–H groups in total. The average molecular weight is 194 g/mol. The van der Waals surface area contributed by atoms with Crippen LogP contribution in [0.2, 0.25) is 0 Å². The molecule has 0 aromatic carbocycles. The number of rotatable bonds is 4. The first-order chi connectivity index (χ1) is 5.11. The van der Waals surface area contributed by atoms with E-state index in [2.05, 4.69) is 10.8 Å². The van der Waals surface area contributed by atoms with Gasteiger partial charge in [0, 0.05) is 5.92 Å². The third-order valence-electron chi connectivity index (χ3n) is 1.18. The largest absolute Gasteiger partial charge is 0.372 e. The number of hydrogen-bond acceptors (Lipinski definition) is 3. The second-order valence-corrected chi connectivity index (χ2v) is 2.87. The highest BCUT2D eigenvalue weighted by molar-refractivity contribution is 7.82. The minimum absolute atomic E-state index is 0.114. The third-order valence-corrected chi connectivity index (χ3v) is 1.99. The minimum Gasteiger partial charge on any atom is -0.372 e. The first kappa shape index (κ1) is 10.7. The Kier molecular flexibility index (Phi) is 5.27. The van der Waals surface area contributed by atoms with Gasteiger partial charge >= 0.3 is 11.4 Å². The van der Waals surface area contributed by atoms with Crippen molar-refractivity contribution in [2.75, 3.05) is 0 Å². The Labute approximate surface area is 73.9 Å². The van der Waals surface area contributed by atoms with E-state index in [-0.39, 0.29) is 11.0 Å². The summed E-state index contributed by atoms with van der Waals surface area (Å²) in [4.78, 5) is 0. The van der Waals surface area contributed by atoms with Crippen LogP contribution >= 0.6 is 12.2 Å². The van der Waals surface area contributed by atoms with E-state index in [0.29, 0.717) is 0 Å². The lowest BCUT2D eigenvalue weighted by molar-refractivity contribution is 0.445. The fraction of sp³-hybridized carbons (Fsp3) is 0.500. The fourth-order valence-electron chi connectivity index (χ4n) is 0.562. The number of hydrogen-bond donors (Lipinski definition) is 1. The quantitative estimate of drug-likeness (QED) is 0.420. The Morgan fingerprint density at radius 2 is 2.55 bits per heavy atom. The fourth-order valence-corrected chi connectivity index (χ4v) is 1.26. The molecular formula is C6H10O3S2. The van der Waals surface area contributed by atoms with Crippen LogP contribution < -0.4 is 0 Å². The molecule has 0 amide bonds. The van der Waals surface area contributed by atoms with Gasteiger partial charge in [-0.1, -0.05) is 13.0 Å². The van der Waals surface area contributed by atoms with E-state index >= 15 is 0 Å². The van der Waals surface area contributed by atoms with Crippen molar-refractivity contribution < 1.29 is 12.9 Å². The van der Waals surface area contributed by atoms with Crippen molar-refractivity contribution in [2.45, 2.75) is 13.3 Å². The standard InChI is InChI=1S/C6H10O3S2/c1-3-5(4-2)6(10)9-11(7)8/h3,5H,1,4H2,2H3,(H,7,8). The van der Waals surface area contributed by atoms with Crippen LogP contribution in [0, 0.1) is 5.92 Å². The highest BCUT2D eigenvalue weighted by Gasteiger charge is 2.11. The molecule has 0 saturated heterocycles. The predicted octanol–water partition coefficient (Wildman–Crippen LogP) is 1.68. The molecule has 5 heteroatoms. The first-order valence-corrected chi connectivity index (χ1v) is 4.51. The highest BCUT2D eigenvalue weighted by Crippen LogP contribution is 2.08. The Morgan fingerprint density at radius 3 is 2.82 bits per heavy atom. The normalized spacial score (nSPS) is 15.1. The molecule has 0 aromatic heterocycles. The lowest BCUT2D eigenvalue weighted by Crippen LogP contribution is -2.13. The van der Waals surface area contributed by atoms with Crippen molar-refractivity contribution >= 4 is 28.6 Å². The topological polar surface area (TPSA) is 46.5 Å². The van der Waals surface area contributed by atoms with E-state index in [0.717, 1.165) is 6.42 Å². The summed E-state index contributed by atoms with van der Waals surface area (Å²) in [5, 5.41) is 0.114. The van der Waals surface area contributed by atoms with E-state index in [1.54, 1.807) is 6.08 Å². The molecule has 0 aliphatic heterocycles. The van der Waals surface area contributed by atoms with Crippen LogP contribution in [0.25, 0.3) is 0 Å². The molecule has 0 bridgehead atoms. The van der Waals surface area contributed by atoms with E-state index in [1.165, 1.54) is 0 Å². The van der Waals surface area contributed by atoms with Gasteiger partial charge in [-0.25, -0.2) is 0 Å². The van der Waals surface area contributed by atoms with Crippen LogP contribution in [0.5, 0.6) is 0 Å². The zero-order valence-electron chi connectivity index (χ0n) is 6.15. The summed E-state index contributed by atoms with van der Waals surface area (Å²) in [5.74, 6) is -0.124. The van der Waals surface area contributed by atoms with Crippen molar-refractivity contribution in [3.63, 3.8) is 0 Å². The van der Waals surface area contributed by atoms with Crippen LogP contribution in [0.1, 0.15) is 13.3 Å². The summed E-state index contributed by atoms with van der Waals surface area (Å²) in [7, 11) is 0. The van der Waals surface area contributed by atoms with Crippen molar-refractivity contribution in [1.29, 1.82) is 0 Å². The van der Waals surface area contributed by atoms with Gasteiger partial charge in [0.2, 0.25) is 0 Å². The summed E-state index contributed by atoms with van der Waals surface area (Å²) in [5.41, 5.74) is 0. The number of thiocarbonyl (C=S) groups is 1. The van der Waals surface area contributed by atoms with Crippen LogP contribution in [0.4, 0.5) is 0 Å². The molecule has 11 heavy (non-hydrogen) atoms. The molecule has 0 spiro atoms. The minimum atomic E-state index is -2.31. The molecule has 3 nitrogen and oxygen atoms in total. The molecule has 2 unspecified atom stereocenters. The smallest absolute Gasteiger partial charge is 0.358 e. The Hall–Kier alpha value is -0.260. The van der Waals surface area contributed by atoms with Gasteiger partial charge in [-0.3, -0.25) is 4.55 Å². The molecule has 0 saturated carbocycles. The van der Waals surface area contributed by atoms with Crippen LogP contribution in [-0.4, -0.2) is 13.8 Å². The van der Waals surface area contributed by atoms with Gasteiger partial charge in [-0.2, -0.15) is 4.21 Å². The van der Waals surface area contributed by atoms with Crippen LogP contribution in [0.3, 0.4) is 0 Å². The van der Waals surface area contributed by atoms with E-state index in [9.17, 15) is 4.21 Å². The maximum absolute atomic E-state index is 10.1. The lowest BCUT2D eigenvalue weighted by atomic mass is 10.1. The molecule has 0 heterocycles. The average Bonchev–Trinajstić information content (AvgIpc) is 1.88. The second kappa shape index (κ2) is 5.40. The van der Waals surface area contributed by atoms with Gasteiger partial charge in [0.15, 0.2) is 5.05 Å². The molecule has 0 aliphatic carbocycles. The SMILES string of the molecule is C=CC(CC)C(=S)OS(=O)O. The predicted molar refractivity (Wildman–Crippen MR) is 48.4 cm³/mol. The Morgan fingerprint density at radius 1 is 2.00 bits per heavy atom. The maximum Gasteiger partial charge on any atom is 0.358 e. The lowest BCUT2D eigenvalue weighted by Gasteiger charge is -2.08. The third kappa shape index (κ3) is 4.23. The zero-order valence-corrected chi connectivity index (χ0v) is 7.78. The van der Waals surface area contributed by atoms with Gasteiger partial charge in [0.1, 0.15) is 0 Å². The maximum atomic E-state index is 10.1. The molecule has 64 valence electrons. The van der Waals surface area contributed by atoms with E-state index < -0.39 is 11.4 Å². The van der Waals surface area contributed by atoms with Crippen LogP contribution in [0.15, 0.2) is 12.7 Å². The van der Waals surface area contributed by atoms with Gasteiger partial charge in [-0.15, -0.1) is 6.58 Å². The van der Waals surface area contributed by atoms with Gasteiger partial charge in [0.05, 0.1) is 0 Å². The van der Waals surface area contributed by atoms with Crippen LogP contribution in [-0.2, 0) is 15.5 Å². The zero-order chi connectivity index (χ0) is 8.85. The molecule has 0 fully saturated rings. The summed E-state index contributed by atoms with van der Waals surface area (Å²) in [6.45, 7) is 5.40. The summed E-state index contributed by atoms with van der Waals surface area (Å²) >= 11 is 2.40. The van der Waals surface area contributed by atoms with Crippen molar-refractivity contribution in [3.05, 3.63) is 12.7 Å². The Balaban J connectivity index is 3.99. The second-order valence-electron chi connectivity index (χ2n) is 1.87. The van der Waals surface area contributed by atoms with Crippen molar-refractivity contribution in [3.8, 4) is 0 Å². The molecule has 0 rings (SSSR count). The van der Waals surface area contributed by atoms with Gasteiger partial charge in [0.25, 0.3) is 0 Å². The summed E-state index contributed by atoms with van der Waals surface area (Å²) in [6.07, 6.45) is 2.31. The van der Waals surface area contributed by atoms with E-state index in [1.807, 2.05) is 6.92 Å². The monoisotopic (exact) mass is 194 g/mol. The molecule has 0 radical (unpaired) electrons.